The number of carbonyl (C=O) groups excluding carboxylic acids is 2. The first-order valence-corrected chi connectivity index (χ1v) is 21.0. The largest absolute Gasteiger partial charge is 0.472 e. The molecule has 0 radical (unpaired) electrons. The summed E-state index contributed by atoms with van der Waals surface area (Å²) in [6.07, 6.45) is -5.37. The van der Waals surface area contributed by atoms with Crippen LogP contribution in [-0.2, 0) is 42.1 Å². The van der Waals surface area contributed by atoms with Crippen molar-refractivity contribution in [3.8, 4) is 17.8 Å². The third kappa shape index (κ3) is 12.0. The molecule has 6 aromatic rings. The molecule has 17 heteroatoms. The van der Waals surface area contributed by atoms with E-state index in [4.69, 9.17) is 18.9 Å². The number of alkyl halides is 3. The number of carbonyl (C=O) groups is 2. The van der Waals surface area contributed by atoms with Gasteiger partial charge in [0.1, 0.15) is 43.1 Å². The highest BCUT2D eigenvalue weighted by Gasteiger charge is 2.44. The third-order valence-electron chi connectivity index (χ3n) is 10.8. The van der Waals surface area contributed by atoms with Crippen LogP contribution in [0.15, 0.2) is 115 Å². The van der Waals surface area contributed by atoms with Crippen LogP contribution in [0.4, 0.5) is 22.0 Å². The highest BCUT2D eigenvalue weighted by molar-refractivity contribution is 5.95. The summed E-state index contributed by atoms with van der Waals surface area (Å²) in [5, 5.41) is 16.3. The van der Waals surface area contributed by atoms with Gasteiger partial charge in [-0.1, -0.05) is 91.0 Å². The van der Waals surface area contributed by atoms with Gasteiger partial charge in [-0.3, -0.25) is 14.3 Å². The molecule has 1 unspecified atom stereocenters. The van der Waals surface area contributed by atoms with Crippen molar-refractivity contribution < 1.29 is 55.6 Å². The smallest absolute Gasteiger partial charge is 0.433 e. The van der Waals surface area contributed by atoms with Crippen LogP contribution in [0.5, 0.6) is 17.8 Å². The maximum atomic E-state index is 15.1. The summed E-state index contributed by atoms with van der Waals surface area (Å²) >= 11 is 0. The first-order chi connectivity index (χ1) is 31.4. The van der Waals surface area contributed by atoms with Crippen molar-refractivity contribution >= 4 is 11.9 Å². The Hall–Kier alpha value is -6.88. The van der Waals surface area contributed by atoms with Crippen molar-refractivity contribution in [2.45, 2.75) is 77.3 Å². The van der Waals surface area contributed by atoms with Crippen LogP contribution in [0.1, 0.15) is 88.6 Å². The molecule has 2 heterocycles. The maximum Gasteiger partial charge on any atom is 0.433 e. The Morgan fingerprint density at radius 1 is 0.754 bits per heavy atom. The van der Waals surface area contributed by atoms with Crippen LogP contribution < -0.4 is 14.2 Å². The molecule has 12 nitrogen and oxygen atoms in total. The van der Waals surface area contributed by atoms with E-state index in [1.54, 1.807) is 55.5 Å². The van der Waals surface area contributed by atoms with Crippen LogP contribution in [-0.4, -0.2) is 54.8 Å². The number of ether oxygens (including phenoxy) is 4. The second-order valence-electron chi connectivity index (χ2n) is 15.4. The maximum absolute atomic E-state index is 15.1. The molecular weight excluding hydrogens is 854 g/mol. The quantitative estimate of drug-likeness (QED) is 0.0656. The van der Waals surface area contributed by atoms with Gasteiger partial charge >= 0.3 is 18.2 Å². The molecule has 0 aliphatic heterocycles. The molecule has 340 valence electrons. The second-order valence-corrected chi connectivity index (χ2v) is 15.4. The second kappa shape index (κ2) is 21.2. The Morgan fingerprint density at radius 3 is 1.75 bits per heavy atom. The Balaban J connectivity index is 1.27. The molecule has 1 fully saturated rings. The van der Waals surface area contributed by atoms with E-state index in [1.807, 2.05) is 42.5 Å². The molecule has 0 saturated heterocycles. The average Bonchev–Trinajstić information content (AvgIpc) is 3.76. The van der Waals surface area contributed by atoms with Gasteiger partial charge < -0.3 is 29.0 Å². The van der Waals surface area contributed by atoms with Crippen LogP contribution >= 0.6 is 0 Å². The fourth-order valence-electron chi connectivity index (χ4n) is 7.66. The van der Waals surface area contributed by atoms with Gasteiger partial charge in [-0.15, -0.1) is 0 Å². The molecule has 0 bridgehead atoms. The van der Waals surface area contributed by atoms with Crippen molar-refractivity contribution in [2.75, 3.05) is 13.2 Å². The van der Waals surface area contributed by atoms with Gasteiger partial charge in [0.15, 0.2) is 5.69 Å². The lowest BCUT2D eigenvalue weighted by molar-refractivity contribution is -0.151. The molecule has 7 rings (SSSR count). The molecule has 65 heavy (non-hydrogen) atoms. The summed E-state index contributed by atoms with van der Waals surface area (Å²) in [6, 6.07) is 28.6. The van der Waals surface area contributed by atoms with E-state index in [9.17, 15) is 23.5 Å². The predicted octanol–water partition coefficient (Wildman–Crippen LogP) is 9.38. The number of benzene rings is 4. The molecule has 1 aliphatic rings. The number of amides is 1. The van der Waals surface area contributed by atoms with Crippen molar-refractivity contribution in [3.63, 3.8) is 0 Å². The van der Waals surface area contributed by atoms with Gasteiger partial charge in [0.25, 0.3) is 5.91 Å². The lowest BCUT2D eigenvalue weighted by Gasteiger charge is -2.29. The van der Waals surface area contributed by atoms with Crippen LogP contribution in [0.25, 0.3) is 0 Å². The van der Waals surface area contributed by atoms with Gasteiger partial charge in [0.2, 0.25) is 11.8 Å². The topological polar surface area (TPSA) is 138 Å². The lowest BCUT2D eigenvalue weighted by atomic mass is 9.86. The molecule has 1 atom stereocenters. The standard InChI is InChI=1S/C48H46F5N5O7/c1-2-62-46(61)35-18-20-38(21-19-35)58-42(48(51,52)53)39(25-54-58)45(60)57(26-34-22-36(49)24-37(50)23-34)27-40(59)41-43(63-28-31-12-6-3-7-13-31)55-47(65-30-33-16-10-5-11-17-33)56-44(41)64-29-32-14-8-4-9-15-32/h3-17,22-25,35,38,40,59H,2,18-21,26-30H2,1H3/t35-,38-,40?. The Bertz CT molecular complexity index is 2440. The fraction of sp³-hybridized carbons (Fsp3) is 0.312. The third-order valence-corrected chi connectivity index (χ3v) is 10.8. The number of halogens is 5. The molecule has 4 aromatic carbocycles. The van der Waals surface area contributed by atoms with Crippen molar-refractivity contribution in [2.24, 2.45) is 5.92 Å². The monoisotopic (exact) mass is 899 g/mol. The predicted molar refractivity (Wildman–Crippen MR) is 225 cm³/mol. The van der Waals surface area contributed by atoms with Crippen LogP contribution in [0, 0.1) is 17.6 Å². The number of rotatable bonds is 18. The van der Waals surface area contributed by atoms with Gasteiger partial charge in [0, 0.05) is 12.6 Å². The molecule has 1 aliphatic carbocycles. The van der Waals surface area contributed by atoms with E-state index in [0.29, 0.717) is 17.2 Å². The number of nitrogens with zero attached hydrogens (tertiary/aromatic N) is 5. The first kappa shape index (κ1) is 46.1. The van der Waals surface area contributed by atoms with E-state index in [-0.39, 0.29) is 81.0 Å². The normalized spacial score (nSPS) is 15.5. The van der Waals surface area contributed by atoms with E-state index in [1.165, 1.54) is 0 Å². The minimum atomic E-state index is -5.10. The van der Waals surface area contributed by atoms with E-state index < -0.39 is 72.1 Å². The number of esters is 1. The van der Waals surface area contributed by atoms with E-state index in [0.717, 1.165) is 33.5 Å². The molecule has 2 aromatic heterocycles. The summed E-state index contributed by atoms with van der Waals surface area (Å²) < 4.78 is 98.9. The molecule has 1 saturated carbocycles. The number of aliphatic hydroxyl groups excluding tert-OH is 1. The van der Waals surface area contributed by atoms with Crippen LogP contribution in [0.3, 0.4) is 0 Å². The number of aromatic nitrogens is 4. The number of hydrogen-bond donors (Lipinski definition) is 1. The molecule has 1 N–H and O–H groups in total. The van der Waals surface area contributed by atoms with Crippen LogP contribution in [0.2, 0.25) is 0 Å². The SMILES string of the molecule is CCOC(=O)[C@H]1CC[C@H](n2ncc(C(=O)N(Cc3cc(F)cc(F)c3)CC(O)c3c(OCc4ccccc4)nc(OCc4ccccc4)nc3OCc3ccccc3)c2C(F)(F)F)CC1. The molecular formula is C48H46F5N5O7. The number of aliphatic hydroxyl groups is 1. The first-order valence-electron chi connectivity index (χ1n) is 21.0. The van der Waals surface area contributed by atoms with Crippen molar-refractivity contribution in [1.29, 1.82) is 0 Å². The van der Waals surface area contributed by atoms with Gasteiger partial charge in [-0.25, -0.2) is 8.78 Å². The zero-order valence-electron chi connectivity index (χ0n) is 35.3. The van der Waals surface area contributed by atoms with E-state index in [2.05, 4.69) is 15.1 Å². The Labute approximate surface area is 371 Å². The zero-order valence-corrected chi connectivity index (χ0v) is 35.3. The van der Waals surface area contributed by atoms with Gasteiger partial charge in [0.05, 0.1) is 36.9 Å². The van der Waals surface area contributed by atoms with Crippen molar-refractivity contribution in [1.82, 2.24) is 24.6 Å². The summed E-state index contributed by atoms with van der Waals surface area (Å²) in [5.41, 5.74) is -0.319. The average molecular weight is 900 g/mol. The highest BCUT2D eigenvalue weighted by Crippen LogP contribution is 2.41. The minimum Gasteiger partial charge on any atom is -0.472 e. The Morgan fingerprint density at radius 2 is 1.26 bits per heavy atom. The van der Waals surface area contributed by atoms with Gasteiger partial charge in [-0.05, 0) is 67.0 Å². The minimum absolute atomic E-state index is 0.0352. The lowest BCUT2D eigenvalue weighted by Crippen LogP contribution is -2.36. The summed E-state index contributed by atoms with van der Waals surface area (Å²) in [6.45, 7) is 0.286. The number of hydrogen-bond acceptors (Lipinski definition) is 10. The van der Waals surface area contributed by atoms with Gasteiger partial charge in [-0.2, -0.15) is 28.2 Å². The van der Waals surface area contributed by atoms with Crippen molar-refractivity contribution in [3.05, 3.63) is 166 Å². The molecule has 1 amide bonds. The summed E-state index contributed by atoms with van der Waals surface area (Å²) in [4.78, 5) is 36.8. The summed E-state index contributed by atoms with van der Waals surface area (Å²) in [5.74, 6) is -4.62. The Kier molecular flexibility index (Phi) is 15.0. The summed E-state index contributed by atoms with van der Waals surface area (Å²) in [7, 11) is 0. The molecule has 0 spiro atoms. The fourth-order valence-corrected chi connectivity index (χ4v) is 7.66. The zero-order chi connectivity index (χ0) is 45.9. The van der Waals surface area contributed by atoms with E-state index >= 15 is 13.2 Å². The highest BCUT2D eigenvalue weighted by atomic mass is 19.4.